The Labute approximate surface area is 160 Å². The number of hydrogen-bond donors (Lipinski definition) is 1. The van der Waals surface area contributed by atoms with Crippen LogP contribution in [0.1, 0.15) is 34.8 Å². The first-order valence-corrected chi connectivity index (χ1v) is 9.63. The zero-order chi connectivity index (χ0) is 20.5. The van der Waals surface area contributed by atoms with Crippen LogP contribution in [0.15, 0.2) is 51.8 Å². The molecule has 146 valence electrons. The monoisotopic (exact) mass is 405 g/mol. The van der Waals surface area contributed by atoms with E-state index in [-0.39, 0.29) is 11.8 Å². The van der Waals surface area contributed by atoms with Crippen LogP contribution in [0.25, 0.3) is 11.5 Å². The molecule has 0 aliphatic rings. The van der Waals surface area contributed by atoms with Crippen LogP contribution < -0.4 is 5.14 Å². The van der Waals surface area contributed by atoms with Crippen molar-refractivity contribution < 1.29 is 26.8 Å². The number of sulfonamides is 1. The number of ether oxygens (including phenoxy) is 1. The van der Waals surface area contributed by atoms with Gasteiger partial charge in [-0.25, -0.2) is 22.7 Å². The molecule has 0 aliphatic heterocycles. The van der Waals surface area contributed by atoms with Crippen molar-refractivity contribution in [3.05, 3.63) is 65.3 Å². The second kappa shape index (κ2) is 7.49. The van der Waals surface area contributed by atoms with Crippen molar-refractivity contribution >= 4 is 16.0 Å². The fourth-order valence-electron chi connectivity index (χ4n) is 2.32. The molecule has 0 saturated carbocycles. The summed E-state index contributed by atoms with van der Waals surface area (Å²) in [5.74, 6) is -1.80. The normalized spacial score (nSPS) is 12.6. The Kier molecular flexibility index (Phi) is 5.25. The van der Waals surface area contributed by atoms with Crippen molar-refractivity contribution in [2.75, 3.05) is 0 Å². The van der Waals surface area contributed by atoms with Crippen LogP contribution in [0.4, 0.5) is 4.39 Å². The molecule has 0 spiro atoms. The van der Waals surface area contributed by atoms with E-state index in [4.69, 9.17) is 14.3 Å². The lowest BCUT2D eigenvalue weighted by Crippen LogP contribution is -2.15. The molecule has 1 atom stereocenters. The minimum Gasteiger partial charge on any atom is -0.449 e. The molecule has 0 amide bonds. The third-order valence-corrected chi connectivity index (χ3v) is 4.77. The largest absolute Gasteiger partial charge is 0.449 e. The second-order valence-electron chi connectivity index (χ2n) is 6.05. The molecule has 2 aromatic carbocycles. The second-order valence-corrected chi connectivity index (χ2v) is 7.61. The van der Waals surface area contributed by atoms with Crippen molar-refractivity contribution in [1.29, 1.82) is 0 Å². The first kappa shape index (κ1) is 19.6. The van der Waals surface area contributed by atoms with Gasteiger partial charge in [-0.1, -0.05) is 17.7 Å². The first-order valence-electron chi connectivity index (χ1n) is 8.09. The summed E-state index contributed by atoms with van der Waals surface area (Å²) in [5.41, 5.74) is 1.18. The molecule has 0 unspecified atom stereocenters. The maximum Gasteiger partial charge on any atom is 0.341 e. The van der Waals surface area contributed by atoms with Gasteiger partial charge in [0, 0.05) is 5.56 Å². The number of aryl methyl sites for hydroxylation is 1. The van der Waals surface area contributed by atoms with Gasteiger partial charge < -0.3 is 9.15 Å². The van der Waals surface area contributed by atoms with Gasteiger partial charge in [-0.05, 0) is 44.2 Å². The predicted molar refractivity (Wildman–Crippen MR) is 96.1 cm³/mol. The molecule has 2 N–H and O–H groups in total. The lowest BCUT2D eigenvalue weighted by molar-refractivity contribution is 0.0274. The summed E-state index contributed by atoms with van der Waals surface area (Å²) in [4.78, 5) is 11.8. The molecule has 0 bridgehead atoms. The van der Waals surface area contributed by atoms with E-state index in [2.05, 4.69) is 10.2 Å². The highest BCUT2D eigenvalue weighted by Gasteiger charge is 2.23. The van der Waals surface area contributed by atoms with Crippen LogP contribution in [0.5, 0.6) is 0 Å². The number of aromatic nitrogens is 2. The van der Waals surface area contributed by atoms with Crippen molar-refractivity contribution in [2.45, 2.75) is 24.8 Å². The molecule has 3 aromatic rings. The summed E-state index contributed by atoms with van der Waals surface area (Å²) < 4.78 is 47.3. The maximum absolute atomic E-state index is 13.9. The van der Waals surface area contributed by atoms with E-state index in [1.807, 2.05) is 19.1 Å². The Morgan fingerprint density at radius 1 is 1.18 bits per heavy atom. The number of rotatable bonds is 5. The SMILES string of the molecule is Cc1ccc(-c2nnc([C@H](C)OC(=O)c3cc(S(N)(=O)=O)ccc3F)o2)cc1. The third kappa shape index (κ3) is 4.24. The fraction of sp³-hybridized carbons (Fsp3) is 0.167. The fourth-order valence-corrected chi connectivity index (χ4v) is 2.86. The highest BCUT2D eigenvalue weighted by atomic mass is 32.2. The molecule has 28 heavy (non-hydrogen) atoms. The Morgan fingerprint density at radius 2 is 1.86 bits per heavy atom. The summed E-state index contributed by atoms with van der Waals surface area (Å²) in [7, 11) is -4.10. The number of primary sulfonamides is 1. The molecule has 1 heterocycles. The van der Waals surface area contributed by atoms with Crippen molar-refractivity contribution in [3.8, 4) is 11.5 Å². The van der Waals surface area contributed by atoms with Gasteiger partial charge >= 0.3 is 5.97 Å². The lowest BCUT2D eigenvalue weighted by atomic mass is 10.1. The molecular formula is C18H16FN3O5S. The van der Waals surface area contributed by atoms with Gasteiger partial charge in [0.1, 0.15) is 5.82 Å². The van der Waals surface area contributed by atoms with Gasteiger partial charge in [-0.3, -0.25) is 0 Å². The van der Waals surface area contributed by atoms with Gasteiger partial charge in [0.2, 0.25) is 15.9 Å². The van der Waals surface area contributed by atoms with Crippen LogP contribution in [-0.4, -0.2) is 24.6 Å². The van der Waals surface area contributed by atoms with E-state index in [0.717, 1.165) is 23.8 Å². The van der Waals surface area contributed by atoms with Crippen LogP contribution in [0.3, 0.4) is 0 Å². The van der Waals surface area contributed by atoms with Crippen molar-refractivity contribution in [1.82, 2.24) is 10.2 Å². The van der Waals surface area contributed by atoms with E-state index >= 15 is 0 Å². The molecule has 8 nitrogen and oxygen atoms in total. The molecule has 10 heteroatoms. The number of halogens is 1. The Bertz CT molecular complexity index is 1130. The highest BCUT2D eigenvalue weighted by Crippen LogP contribution is 2.24. The summed E-state index contributed by atoms with van der Waals surface area (Å²) in [6, 6.07) is 9.95. The van der Waals surface area contributed by atoms with Crippen LogP contribution in [0.2, 0.25) is 0 Å². The number of nitrogens with two attached hydrogens (primary N) is 1. The highest BCUT2D eigenvalue weighted by molar-refractivity contribution is 7.89. The van der Waals surface area contributed by atoms with Crippen LogP contribution in [-0.2, 0) is 14.8 Å². The van der Waals surface area contributed by atoms with Gasteiger partial charge in [0.15, 0.2) is 6.10 Å². The minimum atomic E-state index is -4.10. The van der Waals surface area contributed by atoms with E-state index in [1.165, 1.54) is 6.92 Å². The third-order valence-electron chi connectivity index (χ3n) is 3.86. The molecule has 0 saturated heterocycles. The topological polar surface area (TPSA) is 125 Å². The van der Waals surface area contributed by atoms with Gasteiger partial charge in [0.25, 0.3) is 5.89 Å². The first-order chi connectivity index (χ1) is 13.1. The zero-order valence-corrected chi connectivity index (χ0v) is 15.7. The van der Waals surface area contributed by atoms with Crippen molar-refractivity contribution in [3.63, 3.8) is 0 Å². The molecule has 0 fully saturated rings. The Hall–Kier alpha value is -3.11. The molecule has 3 rings (SSSR count). The average molecular weight is 405 g/mol. The van der Waals surface area contributed by atoms with Gasteiger partial charge in [-0.2, -0.15) is 0 Å². The average Bonchev–Trinajstić information content (AvgIpc) is 3.12. The van der Waals surface area contributed by atoms with Crippen LogP contribution >= 0.6 is 0 Å². The summed E-state index contributed by atoms with van der Waals surface area (Å²) >= 11 is 0. The molecule has 1 aromatic heterocycles. The predicted octanol–water partition coefficient (Wildman–Crippen LogP) is 2.75. The molecular weight excluding hydrogens is 389 g/mol. The number of benzene rings is 2. The number of hydrogen-bond acceptors (Lipinski definition) is 7. The Morgan fingerprint density at radius 3 is 2.50 bits per heavy atom. The maximum atomic E-state index is 13.9. The summed E-state index contributed by atoms with van der Waals surface area (Å²) in [6.45, 7) is 3.40. The number of esters is 1. The van der Waals surface area contributed by atoms with Gasteiger partial charge in [0.05, 0.1) is 10.5 Å². The summed E-state index contributed by atoms with van der Waals surface area (Å²) in [5, 5.41) is 12.7. The minimum absolute atomic E-state index is 0.00642. The van der Waals surface area contributed by atoms with Crippen LogP contribution in [0, 0.1) is 12.7 Å². The molecule has 0 radical (unpaired) electrons. The summed E-state index contributed by atoms with van der Waals surface area (Å²) in [6.07, 6.45) is -0.989. The standard InChI is InChI=1S/C18H16FN3O5S/c1-10-3-5-12(6-4-10)17-22-21-16(27-17)11(2)26-18(23)14-9-13(28(20,24)25)7-8-15(14)19/h3-9,11H,1-2H3,(H2,20,24,25)/t11-/m0/s1. The number of carbonyl (C=O) groups is 1. The smallest absolute Gasteiger partial charge is 0.341 e. The van der Waals surface area contributed by atoms with E-state index in [0.29, 0.717) is 5.56 Å². The lowest BCUT2D eigenvalue weighted by Gasteiger charge is -2.10. The molecule has 0 aliphatic carbocycles. The zero-order valence-electron chi connectivity index (χ0n) is 14.9. The number of nitrogens with zero attached hydrogens (tertiary/aromatic N) is 2. The van der Waals surface area contributed by atoms with Crippen molar-refractivity contribution in [2.24, 2.45) is 5.14 Å². The van der Waals surface area contributed by atoms with E-state index < -0.39 is 38.4 Å². The van der Waals surface area contributed by atoms with E-state index in [1.54, 1.807) is 12.1 Å². The number of carbonyl (C=O) groups excluding carboxylic acids is 1. The quantitative estimate of drug-likeness (QED) is 0.647. The Balaban J connectivity index is 1.79. The van der Waals surface area contributed by atoms with Gasteiger partial charge in [-0.15, -0.1) is 10.2 Å². The van der Waals surface area contributed by atoms with E-state index in [9.17, 15) is 17.6 Å².